The van der Waals surface area contributed by atoms with Crippen LogP contribution in [0, 0.1) is 5.92 Å². The molecule has 14 heavy (non-hydrogen) atoms. The molecular weight excluding hydrogens is 178 g/mol. The fourth-order valence-corrected chi connectivity index (χ4v) is 1.17. The molecule has 1 amide bonds. The van der Waals surface area contributed by atoms with Crippen LogP contribution in [-0.4, -0.2) is 23.7 Å². The highest BCUT2D eigenvalue weighted by atomic mass is 16.3. The average Bonchev–Trinajstić information content (AvgIpc) is 2.98. The zero-order valence-corrected chi connectivity index (χ0v) is 8.44. The van der Waals surface area contributed by atoms with E-state index in [2.05, 4.69) is 5.32 Å². The smallest absolute Gasteiger partial charge is 0.244 e. The highest BCUT2D eigenvalue weighted by Gasteiger charge is 2.29. The molecular formula is C11H17NO2. The van der Waals surface area contributed by atoms with Crippen molar-refractivity contribution in [1.29, 1.82) is 0 Å². The van der Waals surface area contributed by atoms with E-state index in [1.807, 2.05) is 13.0 Å². The Bertz CT molecular complexity index is 242. The number of aliphatic hydroxyl groups excluding tert-OH is 1. The Morgan fingerprint density at radius 2 is 2.29 bits per heavy atom. The Balaban J connectivity index is 2.13. The predicted molar refractivity (Wildman–Crippen MR) is 55.7 cm³/mol. The molecule has 0 radical (unpaired) electrons. The molecule has 1 rings (SSSR count). The minimum atomic E-state index is -0.367. The zero-order valence-electron chi connectivity index (χ0n) is 8.44. The number of nitrogens with one attached hydrogen (secondary N) is 1. The molecule has 0 aromatic heterocycles. The van der Waals surface area contributed by atoms with Gasteiger partial charge in [0.1, 0.15) is 0 Å². The van der Waals surface area contributed by atoms with Crippen LogP contribution >= 0.6 is 0 Å². The van der Waals surface area contributed by atoms with E-state index in [4.69, 9.17) is 0 Å². The SMILES string of the molecule is CC=CC=CC(=O)NCC(O)C1CC1. The largest absolute Gasteiger partial charge is 0.391 e. The van der Waals surface area contributed by atoms with Crippen LogP contribution in [0.1, 0.15) is 19.8 Å². The number of amides is 1. The van der Waals surface area contributed by atoms with Crippen LogP contribution in [0.3, 0.4) is 0 Å². The van der Waals surface area contributed by atoms with Crippen molar-refractivity contribution in [3.63, 3.8) is 0 Å². The first-order chi connectivity index (χ1) is 6.74. The van der Waals surface area contributed by atoms with E-state index in [0.29, 0.717) is 12.5 Å². The van der Waals surface area contributed by atoms with Crippen LogP contribution in [-0.2, 0) is 4.79 Å². The maximum atomic E-state index is 11.1. The minimum absolute atomic E-state index is 0.150. The minimum Gasteiger partial charge on any atom is -0.391 e. The molecule has 0 heterocycles. The Labute approximate surface area is 84.5 Å². The summed E-state index contributed by atoms with van der Waals surface area (Å²) < 4.78 is 0. The van der Waals surface area contributed by atoms with Crippen molar-refractivity contribution < 1.29 is 9.90 Å². The van der Waals surface area contributed by atoms with Gasteiger partial charge in [-0.1, -0.05) is 18.2 Å². The van der Waals surface area contributed by atoms with Crippen molar-refractivity contribution in [2.75, 3.05) is 6.54 Å². The molecule has 0 aromatic rings. The second-order valence-corrected chi connectivity index (χ2v) is 3.53. The van der Waals surface area contributed by atoms with Gasteiger partial charge in [-0.25, -0.2) is 0 Å². The molecule has 1 saturated carbocycles. The molecule has 1 atom stereocenters. The lowest BCUT2D eigenvalue weighted by Crippen LogP contribution is -2.31. The van der Waals surface area contributed by atoms with Crippen LogP contribution in [0.25, 0.3) is 0 Å². The topological polar surface area (TPSA) is 49.3 Å². The van der Waals surface area contributed by atoms with Gasteiger partial charge in [-0.05, 0) is 25.7 Å². The van der Waals surface area contributed by atoms with E-state index in [9.17, 15) is 9.90 Å². The van der Waals surface area contributed by atoms with Gasteiger partial charge in [-0.2, -0.15) is 0 Å². The van der Waals surface area contributed by atoms with Crippen LogP contribution in [0.5, 0.6) is 0 Å². The summed E-state index contributed by atoms with van der Waals surface area (Å²) in [5.74, 6) is 0.262. The zero-order chi connectivity index (χ0) is 10.4. The lowest BCUT2D eigenvalue weighted by atomic mass is 10.2. The molecule has 1 aliphatic carbocycles. The number of aliphatic hydroxyl groups is 1. The van der Waals surface area contributed by atoms with Crippen molar-refractivity contribution >= 4 is 5.91 Å². The van der Waals surface area contributed by atoms with Gasteiger partial charge >= 0.3 is 0 Å². The van der Waals surface area contributed by atoms with Crippen molar-refractivity contribution in [2.24, 2.45) is 5.92 Å². The third-order valence-corrected chi connectivity index (χ3v) is 2.20. The van der Waals surface area contributed by atoms with Crippen molar-refractivity contribution in [2.45, 2.75) is 25.9 Å². The summed E-state index contributed by atoms with van der Waals surface area (Å²) in [6.07, 6.45) is 8.59. The number of rotatable bonds is 5. The summed E-state index contributed by atoms with van der Waals surface area (Å²) in [6, 6.07) is 0. The Kier molecular flexibility index (Phi) is 4.40. The molecule has 2 N–H and O–H groups in total. The van der Waals surface area contributed by atoms with E-state index >= 15 is 0 Å². The van der Waals surface area contributed by atoms with Crippen LogP contribution in [0.4, 0.5) is 0 Å². The third kappa shape index (κ3) is 4.23. The maximum Gasteiger partial charge on any atom is 0.244 e. The molecule has 3 nitrogen and oxygen atoms in total. The molecule has 0 spiro atoms. The van der Waals surface area contributed by atoms with Crippen LogP contribution in [0.2, 0.25) is 0 Å². The highest BCUT2D eigenvalue weighted by molar-refractivity contribution is 5.87. The first-order valence-corrected chi connectivity index (χ1v) is 4.99. The summed E-state index contributed by atoms with van der Waals surface area (Å²) in [5.41, 5.74) is 0. The lowest BCUT2D eigenvalue weighted by molar-refractivity contribution is -0.117. The number of hydrogen-bond donors (Lipinski definition) is 2. The molecule has 1 unspecified atom stereocenters. The quantitative estimate of drug-likeness (QED) is 0.508. The standard InChI is InChI=1S/C11H17NO2/c1-2-3-4-5-11(14)12-8-10(13)9-6-7-9/h2-5,9-10,13H,6-8H2,1H3,(H,12,14). The molecule has 1 aliphatic rings. The lowest BCUT2D eigenvalue weighted by Gasteiger charge is -2.08. The first kappa shape index (κ1) is 11.0. The van der Waals surface area contributed by atoms with Gasteiger partial charge in [0.25, 0.3) is 0 Å². The average molecular weight is 195 g/mol. The number of carbonyl (C=O) groups excluding carboxylic acids is 1. The number of hydrogen-bond acceptors (Lipinski definition) is 2. The highest BCUT2D eigenvalue weighted by Crippen LogP contribution is 2.32. The molecule has 78 valence electrons. The maximum absolute atomic E-state index is 11.1. The van der Waals surface area contributed by atoms with E-state index in [-0.39, 0.29) is 12.0 Å². The van der Waals surface area contributed by atoms with Crippen molar-refractivity contribution in [3.8, 4) is 0 Å². The van der Waals surface area contributed by atoms with Gasteiger partial charge in [0.2, 0.25) is 5.91 Å². The number of allylic oxidation sites excluding steroid dienone is 3. The molecule has 1 fully saturated rings. The second kappa shape index (κ2) is 5.60. The third-order valence-electron chi connectivity index (χ3n) is 2.20. The summed E-state index contributed by atoms with van der Waals surface area (Å²) in [4.78, 5) is 11.1. The monoisotopic (exact) mass is 195 g/mol. The Morgan fingerprint density at radius 3 is 2.86 bits per heavy atom. The summed E-state index contributed by atoms with van der Waals surface area (Å²) >= 11 is 0. The first-order valence-electron chi connectivity index (χ1n) is 4.99. The number of carbonyl (C=O) groups is 1. The van der Waals surface area contributed by atoms with Crippen LogP contribution < -0.4 is 5.32 Å². The summed E-state index contributed by atoms with van der Waals surface area (Å²) in [5, 5.41) is 12.1. The van der Waals surface area contributed by atoms with Gasteiger partial charge in [0.05, 0.1) is 6.10 Å². The van der Waals surface area contributed by atoms with E-state index < -0.39 is 0 Å². The summed E-state index contributed by atoms with van der Waals surface area (Å²) in [6.45, 7) is 2.25. The molecule has 3 heteroatoms. The van der Waals surface area contributed by atoms with Crippen molar-refractivity contribution in [3.05, 3.63) is 24.3 Å². The van der Waals surface area contributed by atoms with Gasteiger partial charge in [0, 0.05) is 12.6 Å². The normalized spacial score (nSPS) is 19.0. The van der Waals surface area contributed by atoms with Crippen LogP contribution in [0.15, 0.2) is 24.3 Å². The molecule has 0 aromatic carbocycles. The van der Waals surface area contributed by atoms with Gasteiger partial charge in [-0.15, -0.1) is 0 Å². The van der Waals surface area contributed by atoms with Gasteiger partial charge in [-0.3, -0.25) is 4.79 Å². The van der Waals surface area contributed by atoms with Gasteiger partial charge < -0.3 is 10.4 Å². The fourth-order valence-electron chi connectivity index (χ4n) is 1.17. The Morgan fingerprint density at radius 1 is 1.57 bits per heavy atom. The van der Waals surface area contributed by atoms with Gasteiger partial charge in [0.15, 0.2) is 0 Å². The predicted octanol–water partition coefficient (Wildman–Crippen LogP) is 1.01. The molecule has 0 aliphatic heterocycles. The van der Waals surface area contributed by atoms with Crippen molar-refractivity contribution in [1.82, 2.24) is 5.32 Å². The summed E-state index contributed by atoms with van der Waals surface area (Å²) in [7, 11) is 0. The second-order valence-electron chi connectivity index (χ2n) is 3.53. The van der Waals surface area contributed by atoms with E-state index in [0.717, 1.165) is 12.8 Å². The Hall–Kier alpha value is -1.09. The van der Waals surface area contributed by atoms with E-state index in [1.165, 1.54) is 6.08 Å². The molecule has 0 saturated heterocycles. The molecule has 0 bridgehead atoms. The van der Waals surface area contributed by atoms with E-state index in [1.54, 1.807) is 12.2 Å². The fraction of sp³-hybridized carbons (Fsp3) is 0.545.